The molecule has 1 N–H and O–H groups in total. The van der Waals surface area contributed by atoms with E-state index in [1.807, 2.05) is 0 Å². The van der Waals surface area contributed by atoms with E-state index in [9.17, 15) is 0 Å². The third-order valence-corrected chi connectivity index (χ3v) is 4.10. The summed E-state index contributed by atoms with van der Waals surface area (Å²) in [7, 11) is 0. The first-order valence-electron chi connectivity index (χ1n) is 5.90. The van der Waals surface area contributed by atoms with Gasteiger partial charge < -0.3 is 10.2 Å². The second-order valence-corrected chi connectivity index (χ2v) is 5.57. The number of benzene rings is 1. The molecule has 1 aromatic rings. The van der Waals surface area contributed by atoms with Crippen LogP contribution < -0.4 is 10.2 Å². The molecule has 1 aliphatic heterocycles. The predicted molar refractivity (Wildman–Crippen MR) is 73.1 cm³/mol. The molecule has 1 unspecified atom stereocenters. The average molecular weight is 283 g/mol. The topological polar surface area (TPSA) is 15.3 Å². The molecule has 0 radical (unpaired) electrons. The first-order valence-corrected chi connectivity index (χ1v) is 6.69. The van der Waals surface area contributed by atoms with Gasteiger partial charge in [0.05, 0.1) is 0 Å². The standard InChI is InChI=1S/C13H19BrN2/c1-3-13(2)10-15-8-9-16(13)12-6-4-11(14)5-7-12/h4-7,15H,3,8-10H2,1-2H3. The molecule has 2 nitrogen and oxygen atoms in total. The first-order chi connectivity index (χ1) is 7.65. The molecular weight excluding hydrogens is 264 g/mol. The minimum Gasteiger partial charge on any atom is -0.364 e. The SMILES string of the molecule is CCC1(C)CNCCN1c1ccc(Br)cc1. The molecule has 1 heterocycles. The van der Waals surface area contributed by atoms with Crippen LogP contribution in [0.25, 0.3) is 0 Å². The summed E-state index contributed by atoms with van der Waals surface area (Å²) in [6, 6.07) is 8.63. The Labute approximate surface area is 106 Å². The lowest BCUT2D eigenvalue weighted by molar-refractivity contribution is 0.342. The molecule has 16 heavy (non-hydrogen) atoms. The van der Waals surface area contributed by atoms with Crippen LogP contribution in [-0.2, 0) is 0 Å². The Morgan fingerprint density at radius 2 is 2.06 bits per heavy atom. The minimum atomic E-state index is 0.242. The molecular formula is C13H19BrN2. The van der Waals surface area contributed by atoms with Crippen molar-refractivity contribution in [3.05, 3.63) is 28.7 Å². The summed E-state index contributed by atoms with van der Waals surface area (Å²) in [5.74, 6) is 0. The van der Waals surface area contributed by atoms with E-state index < -0.39 is 0 Å². The van der Waals surface area contributed by atoms with Gasteiger partial charge in [-0.3, -0.25) is 0 Å². The smallest absolute Gasteiger partial charge is 0.0496 e. The van der Waals surface area contributed by atoms with E-state index in [0.29, 0.717) is 0 Å². The lowest BCUT2D eigenvalue weighted by Gasteiger charge is -2.46. The highest BCUT2D eigenvalue weighted by Crippen LogP contribution is 2.28. The summed E-state index contributed by atoms with van der Waals surface area (Å²) in [5, 5.41) is 3.49. The molecule has 0 aliphatic carbocycles. The first kappa shape index (κ1) is 11.9. The molecule has 1 aliphatic rings. The van der Waals surface area contributed by atoms with E-state index >= 15 is 0 Å². The van der Waals surface area contributed by atoms with Gasteiger partial charge in [0.1, 0.15) is 0 Å². The zero-order valence-corrected chi connectivity index (χ0v) is 11.5. The molecule has 0 aromatic heterocycles. The molecule has 88 valence electrons. The quantitative estimate of drug-likeness (QED) is 0.897. The van der Waals surface area contributed by atoms with E-state index in [2.05, 4.69) is 64.3 Å². The van der Waals surface area contributed by atoms with Crippen LogP contribution >= 0.6 is 15.9 Å². The largest absolute Gasteiger partial charge is 0.364 e. The van der Waals surface area contributed by atoms with Gasteiger partial charge in [-0.25, -0.2) is 0 Å². The Balaban J connectivity index is 2.26. The molecule has 3 heteroatoms. The Hall–Kier alpha value is -0.540. The van der Waals surface area contributed by atoms with Crippen molar-refractivity contribution in [1.29, 1.82) is 0 Å². The van der Waals surface area contributed by atoms with Crippen molar-refractivity contribution in [3.63, 3.8) is 0 Å². The molecule has 0 amide bonds. The minimum absolute atomic E-state index is 0.242. The molecule has 1 aromatic carbocycles. The van der Waals surface area contributed by atoms with Gasteiger partial charge in [0.2, 0.25) is 0 Å². The molecule has 0 bridgehead atoms. The Morgan fingerprint density at radius 3 is 2.69 bits per heavy atom. The van der Waals surface area contributed by atoms with E-state index in [0.717, 1.165) is 30.5 Å². The average Bonchev–Trinajstić information content (AvgIpc) is 2.31. The van der Waals surface area contributed by atoms with Gasteiger partial charge in [-0.05, 0) is 37.6 Å². The van der Waals surface area contributed by atoms with Crippen molar-refractivity contribution >= 4 is 21.6 Å². The highest BCUT2D eigenvalue weighted by atomic mass is 79.9. The van der Waals surface area contributed by atoms with Crippen molar-refractivity contribution < 1.29 is 0 Å². The highest BCUT2D eigenvalue weighted by Gasteiger charge is 2.32. The third-order valence-electron chi connectivity index (χ3n) is 3.57. The highest BCUT2D eigenvalue weighted by molar-refractivity contribution is 9.10. The maximum absolute atomic E-state index is 3.49. The van der Waals surface area contributed by atoms with Crippen molar-refractivity contribution in [2.75, 3.05) is 24.5 Å². The van der Waals surface area contributed by atoms with E-state index in [4.69, 9.17) is 0 Å². The van der Waals surface area contributed by atoms with Gasteiger partial charge in [0.25, 0.3) is 0 Å². The van der Waals surface area contributed by atoms with Crippen LogP contribution in [0.3, 0.4) is 0 Å². The summed E-state index contributed by atoms with van der Waals surface area (Å²) >= 11 is 3.48. The summed E-state index contributed by atoms with van der Waals surface area (Å²) in [6.45, 7) is 7.83. The number of nitrogens with one attached hydrogen (secondary N) is 1. The maximum Gasteiger partial charge on any atom is 0.0496 e. The fourth-order valence-electron chi connectivity index (χ4n) is 2.29. The maximum atomic E-state index is 3.49. The fraction of sp³-hybridized carbons (Fsp3) is 0.538. The van der Waals surface area contributed by atoms with E-state index in [1.165, 1.54) is 5.69 Å². The normalized spacial score (nSPS) is 25.8. The van der Waals surface area contributed by atoms with Crippen LogP contribution in [0, 0.1) is 0 Å². The number of nitrogens with zero attached hydrogens (tertiary/aromatic N) is 1. The van der Waals surface area contributed by atoms with Crippen LogP contribution in [0.4, 0.5) is 5.69 Å². The molecule has 2 rings (SSSR count). The second kappa shape index (κ2) is 4.76. The molecule has 1 fully saturated rings. The van der Waals surface area contributed by atoms with E-state index in [-0.39, 0.29) is 5.54 Å². The van der Waals surface area contributed by atoms with Crippen LogP contribution in [0.1, 0.15) is 20.3 Å². The number of hydrogen-bond acceptors (Lipinski definition) is 2. The van der Waals surface area contributed by atoms with Gasteiger partial charge in [0, 0.05) is 35.3 Å². The van der Waals surface area contributed by atoms with Gasteiger partial charge in [0.15, 0.2) is 0 Å². The summed E-state index contributed by atoms with van der Waals surface area (Å²) in [4.78, 5) is 2.52. The molecule has 0 saturated carbocycles. The van der Waals surface area contributed by atoms with Gasteiger partial charge >= 0.3 is 0 Å². The summed E-state index contributed by atoms with van der Waals surface area (Å²) in [5.41, 5.74) is 1.57. The molecule has 1 saturated heterocycles. The fourth-order valence-corrected chi connectivity index (χ4v) is 2.56. The monoisotopic (exact) mass is 282 g/mol. The molecule has 1 atom stereocenters. The lowest BCUT2D eigenvalue weighted by atomic mass is 9.93. The zero-order valence-electron chi connectivity index (χ0n) is 9.96. The number of hydrogen-bond donors (Lipinski definition) is 1. The van der Waals surface area contributed by atoms with Crippen LogP contribution in [0.15, 0.2) is 28.7 Å². The lowest BCUT2D eigenvalue weighted by Crippen LogP contribution is -2.59. The van der Waals surface area contributed by atoms with Gasteiger partial charge in [-0.15, -0.1) is 0 Å². The van der Waals surface area contributed by atoms with Crippen LogP contribution in [0.5, 0.6) is 0 Å². The summed E-state index contributed by atoms with van der Waals surface area (Å²) in [6.07, 6.45) is 1.16. The van der Waals surface area contributed by atoms with Gasteiger partial charge in [-0.2, -0.15) is 0 Å². The number of anilines is 1. The third kappa shape index (κ3) is 2.25. The summed E-state index contributed by atoms with van der Waals surface area (Å²) < 4.78 is 1.14. The zero-order chi connectivity index (χ0) is 11.6. The number of piperazine rings is 1. The van der Waals surface area contributed by atoms with Crippen molar-refractivity contribution in [2.24, 2.45) is 0 Å². The predicted octanol–water partition coefficient (Wildman–Crippen LogP) is 3.03. The van der Waals surface area contributed by atoms with Gasteiger partial charge in [-0.1, -0.05) is 22.9 Å². The molecule has 0 spiro atoms. The number of rotatable bonds is 2. The second-order valence-electron chi connectivity index (χ2n) is 4.66. The Morgan fingerprint density at radius 1 is 1.38 bits per heavy atom. The van der Waals surface area contributed by atoms with E-state index in [1.54, 1.807) is 0 Å². The van der Waals surface area contributed by atoms with Crippen molar-refractivity contribution in [2.45, 2.75) is 25.8 Å². The van der Waals surface area contributed by atoms with Crippen LogP contribution in [0.2, 0.25) is 0 Å². The number of halogens is 1. The van der Waals surface area contributed by atoms with Crippen molar-refractivity contribution in [3.8, 4) is 0 Å². The van der Waals surface area contributed by atoms with Crippen LogP contribution in [-0.4, -0.2) is 25.2 Å². The Bertz CT molecular complexity index is 349. The van der Waals surface area contributed by atoms with Crippen molar-refractivity contribution in [1.82, 2.24) is 5.32 Å². The Kier molecular flexibility index (Phi) is 3.55.